The summed E-state index contributed by atoms with van der Waals surface area (Å²) in [6, 6.07) is 8.15. The van der Waals surface area contributed by atoms with Crippen molar-refractivity contribution < 1.29 is 4.79 Å². The van der Waals surface area contributed by atoms with E-state index >= 15 is 0 Å². The van der Waals surface area contributed by atoms with Crippen molar-refractivity contribution in [2.45, 2.75) is 52.0 Å². The SMILES string of the molecule is CCCCCC(CC)n1nc(C(N)=O)c2ccccc21.Cl. The van der Waals surface area contributed by atoms with E-state index in [0.717, 1.165) is 23.7 Å². The van der Waals surface area contributed by atoms with Crippen LogP contribution in [0.1, 0.15) is 62.5 Å². The highest BCUT2D eigenvalue weighted by atomic mass is 35.5. The monoisotopic (exact) mass is 309 g/mol. The highest BCUT2D eigenvalue weighted by Gasteiger charge is 2.18. The van der Waals surface area contributed by atoms with E-state index in [2.05, 4.69) is 18.9 Å². The molecule has 116 valence electrons. The maximum atomic E-state index is 11.5. The minimum atomic E-state index is -0.455. The van der Waals surface area contributed by atoms with Gasteiger partial charge in [-0.2, -0.15) is 5.10 Å². The highest BCUT2D eigenvalue weighted by molar-refractivity contribution is 6.04. The Hall–Kier alpha value is -1.55. The smallest absolute Gasteiger partial charge is 0.269 e. The second-order valence-electron chi connectivity index (χ2n) is 5.23. The molecule has 0 spiro atoms. The average Bonchev–Trinajstić information content (AvgIpc) is 2.84. The topological polar surface area (TPSA) is 60.9 Å². The summed E-state index contributed by atoms with van der Waals surface area (Å²) in [4.78, 5) is 11.5. The molecule has 0 saturated carbocycles. The Labute approximate surface area is 132 Å². The maximum Gasteiger partial charge on any atom is 0.269 e. The van der Waals surface area contributed by atoms with Crippen LogP contribution in [0.3, 0.4) is 0 Å². The maximum absolute atomic E-state index is 11.5. The van der Waals surface area contributed by atoms with Gasteiger partial charge >= 0.3 is 0 Å². The summed E-state index contributed by atoms with van der Waals surface area (Å²) in [6.45, 7) is 4.37. The van der Waals surface area contributed by atoms with Crippen LogP contribution < -0.4 is 5.73 Å². The molecular weight excluding hydrogens is 286 g/mol. The molecule has 1 heterocycles. The molecule has 1 aromatic heterocycles. The van der Waals surface area contributed by atoms with Gasteiger partial charge in [-0.05, 0) is 18.9 Å². The molecule has 2 rings (SSSR count). The van der Waals surface area contributed by atoms with Gasteiger partial charge in [0, 0.05) is 5.39 Å². The van der Waals surface area contributed by atoms with Crippen molar-refractivity contribution >= 4 is 29.2 Å². The molecule has 0 saturated heterocycles. The van der Waals surface area contributed by atoms with E-state index in [1.165, 1.54) is 19.3 Å². The zero-order valence-corrected chi connectivity index (χ0v) is 13.5. The lowest BCUT2D eigenvalue weighted by atomic mass is 10.1. The molecule has 1 amide bonds. The molecule has 2 aromatic rings. The number of carbonyl (C=O) groups excluding carboxylic acids is 1. The van der Waals surface area contributed by atoms with E-state index in [-0.39, 0.29) is 12.4 Å². The van der Waals surface area contributed by atoms with Gasteiger partial charge in [-0.25, -0.2) is 0 Å². The average molecular weight is 310 g/mol. The summed E-state index contributed by atoms with van der Waals surface area (Å²) in [7, 11) is 0. The zero-order chi connectivity index (χ0) is 14.5. The third kappa shape index (κ3) is 3.76. The quantitative estimate of drug-likeness (QED) is 0.783. The van der Waals surface area contributed by atoms with E-state index in [1.54, 1.807) is 0 Å². The van der Waals surface area contributed by atoms with Gasteiger partial charge in [-0.3, -0.25) is 9.48 Å². The third-order valence-corrected chi connectivity index (χ3v) is 3.81. The number of hydrogen-bond donors (Lipinski definition) is 1. The molecule has 0 fully saturated rings. The first-order valence-corrected chi connectivity index (χ1v) is 7.46. The summed E-state index contributed by atoms with van der Waals surface area (Å²) in [5.74, 6) is -0.455. The van der Waals surface area contributed by atoms with Gasteiger partial charge in [0.2, 0.25) is 0 Å². The van der Waals surface area contributed by atoms with Gasteiger partial charge in [-0.15, -0.1) is 12.4 Å². The summed E-state index contributed by atoms with van der Waals surface area (Å²) < 4.78 is 1.99. The Bertz CT molecular complexity index is 594. The van der Waals surface area contributed by atoms with E-state index < -0.39 is 5.91 Å². The standard InChI is InChI=1S/C16H23N3O.ClH/c1-3-5-6-9-12(4-2)19-14-11-8-7-10-13(14)15(18-19)16(17)20;/h7-8,10-12H,3-6,9H2,1-2H3,(H2,17,20);1H. The van der Waals surface area contributed by atoms with Gasteiger partial charge in [0.05, 0.1) is 11.6 Å². The van der Waals surface area contributed by atoms with Crippen LogP contribution in [0.25, 0.3) is 10.9 Å². The number of nitrogens with zero attached hydrogens (tertiary/aromatic N) is 2. The van der Waals surface area contributed by atoms with Crippen LogP contribution in [0, 0.1) is 0 Å². The number of halogens is 1. The van der Waals surface area contributed by atoms with Gasteiger partial charge in [0.15, 0.2) is 5.69 Å². The first-order chi connectivity index (χ1) is 9.69. The summed E-state index contributed by atoms with van der Waals surface area (Å²) >= 11 is 0. The first-order valence-electron chi connectivity index (χ1n) is 7.46. The molecule has 5 heteroatoms. The van der Waals surface area contributed by atoms with Crippen LogP contribution >= 0.6 is 12.4 Å². The van der Waals surface area contributed by atoms with Crippen LogP contribution in [0.4, 0.5) is 0 Å². The van der Waals surface area contributed by atoms with Crippen LogP contribution in [-0.4, -0.2) is 15.7 Å². The van der Waals surface area contributed by atoms with Crippen LogP contribution in [0.2, 0.25) is 0 Å². The molecule has 1 aromatic carbocycles. The largest absolute Gasteiger partial charge is 0.364 e. The molecule has 2 N–H and O–H groups in total. The van der Waals surface area contributed by atoms with Crippen molar-refractivity contribution in [1.82, 2.24) is 9.78 Å². The molecule has 0 bridgehead atoms. The summed E-state index contributed by atoms with van der Waals surface area (Å²) in [5, 5.41) is 5.34. The van der Waals surface area contributed by atoms with Gasteiger partial charge in [0.1, 0.15) is 0 Å². The molecule has 1 unspecified atom stereocenters. The lowest BCUT2D eigenvalue weighted by molar-refractivity contribution is 0.0996. The van der Waals surface area contributed by atoms with Gasteiger partial charge < -0.3 is 5.73 Å². The fourth-order valence-electron chi connectivity index (χ4n) is 2.68. The van der Waals surface area contributed by atoms with E-state index in [1.807, 2.05) is 28.9 Å². The number of aromatic nitrogens is 2. The third-order valence-electron chi connectivity index (χ3n) is 3.81. The van der Waals surface area contributed by atoms with Crippen LogP contribution in [0.5, 0.6) is 0 Å². The normalized spacial score (nSPS) is 12.1. The zero-order valence-electron chi connectivity index (χ0n) is 12.7. The van der Waals surface area contributed by atoms with Gasteiger partial charge in [-0.1, -0.05) is 51.3 Å². The van der Waals surface area contributed by atoms with Gasteiger partial charge in [0.25, 0.3) is 5.91 Å². The first kappa shape index (κ1) is 17.5. The number of rotatable bonds is 7. The molecule has 0 aliphatic carbocycles. The molecule has 0 radical (unpaired) electrons. The number of unbranched alkanes of at least 4 members (excludes halogenated alkanes) is 2. The van der Waals surface area contributed by atoms with E-state index in [0.29, 0.717) is 11.7 Å². The van der Waals surface area contributed by atoms with E-state index in [9.17, 15) is 4.79 Å². The Morgan fingerprint density at radius 2 is 2.00 bits per heavy atom. The molecule has 4 nitrogen and oxygen atoms in total. The summed E-state index contributed by atoms with van der Waals surface area (Å²) in [5.41, 5.74) is 6.83. The fourth-order valence-corrected chi connectivity index (χ4v) is 2.68. The number of hydrogen-bond acceptors (Lipinski definition) is 2. The van der Waals surface area contributed by atoms with Crippen molar-refractivity contribution in [3.63, 3.8) is 0 Å². The Kier molecular flexibility index (Phi) is 6.69. The lowest BCUT2D eigenvalue weighted by Crippen LogP contribution is -2.15. The molecule has 0 aliphatic rings. The number of carbonyl (C=O) groups is 1. The molecule has 1 atom stereocenters. The minimum absolute atomic E-state index is 0. The van der Waals surface area contributed by atoms with Crippen molar-refractivity contribution in [3.8, 4) is 0 Å². The number of para-hydroxylation sites is 1. The fraction of sp³-hybridized carbons (Fsp3) is 0.500. The Morgan fingerprint density at radius 3 is 2.62 bits per heavy atom. The second kappa shape index (κ2) is 8.03. The van der Waals surface area contributed by atoms with E-state index in [4.69, 9.17) is 5.73 Å². The number of fused-ring (bicyclic) bond motifs is 1. The molecule has 0 aliphatic heterocycles. The van der Waals surface area contributed by atoms with Crippen molar-refractivity contribution in [2.24, 2.45) is 5.73 Å². The lowest BCUT2D eigenvalue weighted by Gasteiger charge is -2.16. The number of amides is 1. The van der Waals surface area contributed by atoms with Crippen molar-refractivity contribution in [1.29, 1.82) is 0 Å². The number of nitrogens with two attached hydrogens (primary N) is 1. The van der Waals surface area contributed by atoms with Crippen LogP contribution in [0.15, 0.2) is 24.3 Å². The van der Waals surface area contributed by atoms with Crippen molar-refractivity contribution in [2.75, 3.05) is 0 Å². The minimum Gasteiger partial charge on any atom is -0.364 e. The van der Waals surface area contributed by atoms with Crippen molar-refractivity contribution in [3.05, 3.63) is 30.0 Å². The Balaban J connectivity index is 0.00000220. The second-order valence-corrected chi connectivity index (χ2v) is 5.23. The number of benzene rings is 1. The Morgan fingerprint density at radius 1 is 1.29 bits per heavy atom. The highest BCUT2D eigenvalue weighted by Crippen LogP contribution is 2.26. The molecular formula is C16H24ClN3O. The molecule has 21 heavy (non-hydrogen) atoms. The predicted octanol–water partition coefficient (Wildman–Crippen LogP) is 4.09. The number of primary amides is 1. The summed E-state index contributed by atoms with van der Waals surface area (Å²) in [6.07, 6.45) is 5.73. The predicted molar refractivity (Wildman–Crippen MR) is 89.0 cm³/mol. The van der Waals surface area contributed by atoms with Crippen LogP contribution in [-0.2, 0) is 0 Å².